The quantitative estimate of drug-likeness (QED) is 0.0924. The highest BCUT2D eigenvalue weighted by molar-refractivity contribution is 5.82. The lowest BCUT2D eigenvalue weighted by Crippen LogP contribution is -2.55. The van der Waals surface area contributed by atoms with Gasteiger partial charge in [-0.05, 0) is 12.8 Å². The molecule has 0 radical (unpaired) electrons. The topological polar surface area (TPSA) is 182 Å². The summed E-state index contributed by atoms with van der Waals surface area (Å²) in [6.07, 6.45) is 2.44. The molecule has 14 heteroatoms. The van der Waals surface area contributed by atoms with E-state index in [-0.39, 0.29) is 58.9 Å². The summed E-state index contributed by atoms with van der Waals surface area (Å²) in [5.41, 5.74) is -2.59. The normalized spacial score (nSPS) is 10.6. The molecule has 0 aromatic rings. The van der Waals surface area contributed by atoms with Crippen LogP contribution in [-0.2, 0) is 47.6 Å². The predicted molar refractivity (Wildman–Crippen MR) is 144 cm³/mol. The fourth-order valence-corrected chi connectivity index (χ4v) is 2.78. The molecule has 14 nitrogen and oxygen atoms in total. The van der Waals surface area contributed by atoms with Crippen molar-refractivity contribution in [3.8, 4) is 0 Å². The molecule has 0 rings (SSSR count). The third-order valence-electron chi connectivity index (χ3n) is 5.47. The van der Waals surface area contributed by atoms with Crippen molar-refractivity contribution in [3.05, 3.63) is 50.6 Å². The smallest absolute Gasteiger partial charge is 0.407 e. The van der Waals surface area contributed by atoms with Gasteiger partial charge in [0.05, 0.1) is 13.2 Å². The maximum Gasteiger partial charge on any atom is 0.407 e. The Balaban J connectivity index is 4.97. The Morgan fingerprint density at radius 3 is 1.02 bits per heavy atom. The van der Waals surface area contributed by atoms with E-state index in [2.05, 4.69) is 36.9 Å². The Morgan fingerprint density at radius 2 is 0.805 bits per heavy atom. The highest BCUT2D eigenvalue weighted by Crippen LogP contribution is 2.15. The number of carbonyl (C=O) groups excluding carboxylic acids is 6. The minimum atomic E-state index is -1.29. The van der Waals surface area contributed by atoms with Crippen LogP contribution in [0.25, 0.3) is 0 Å². The second-order valence-electron chi connectivity index (χ2n) is 8.39. The second kappa shape index (κ2) is 19.4. The number of alkyl carbamates (subject to hydrolysis) is 2. The lowest BCUT2D eigenvalue weighted by atomic mass is 9.98. The third kappa shape index (κ3) is 14.9. The molecule has 0 saturated heterocycles. The van der Waals surface area contributed by atoms with E-state index >= 15 is 0 Å². The van der Waals surface area contributed by atoms with E-state index in [1.165, 1.54) is 0 Å². The molecule has 0 aromatic heterocycles. The monoisotopic (exact) mass is 582 g/mol. The van der Waals surface area contributed by atoms with Crippen LogP contribution in [0.1, 0.15) is 33.1 Å². The maximum atomic E-state index is 12.4. The minimum absolute atomic E-state index is 0.0902. The van der Waals surface area contributed by atoms with E-state index in [0.29, 0.717) is 0 Å². The summed E-state index contributed by atoms with van der Waals surface area (Å²) in [7, 11) is 0. The van der Waals surface area contributed by atoms with Crippen molar-refractivity contribution in [2.24, 2.45) is 0 Å². The van der Waals surface area contributed by atoms with Crippen molar-refractivity contribution in [1.82, 2.24) is 10.6 Å². The second-order valence-corrected chi connectivity index (χ2v) is 8.39. The van der Waals surface area contributed by atoms with Crippen LogP contribution in [-0.4, -0.2) is 86.8 Å². The molecule has 0 aromatic carbocycles. The van der Waals surface area contributed by atoms with Gasteiger partial charge in [-0.25, -0.2) is 28.8 Å². The van der Waals surface area contributed by atoms with E-state index in [9.17, 15) is 28.8 Å². The van der Waals surface area contributed by atoms with Crippen LogP contribution in [0.15, 0.2) is 50.6 Å². The molecule has 0 saturated carbocycles. The van der Waals surface area contributed by atoms with Gasteiger partial charge < -0.3 is 39.1 Å². The number of amides is 2. The number of hydrogen-bond acceptors (Lipinski definition) is 12. The molecule has 0 aliphatic heterocycles. The van der Waals surface area contributed by atoms with E-state index in [1.54, 1.807) is 13.8 Å². The first-order valence-corrected chi connectivity index (χ1v) is 12.5. The molecule has 0 unspecified atom stereocenters. The molecular weight excluding hydrogens is 544 g/mol. The molecule has 41 heavy (non-hydrogen) atoms. The predicted octanol–water partition coefficient (Wildman–Crippen LogP) is 2.04. The zero-order chi connectivity index (χ0) is 31.3. The Kier molecular flexibility index (Phi) is 17.2. The zero-order valence-electron chi connectivity index (χ0n) is 23.4. The average Bonchev–Trinajstić information content (AvgIpc) is 2.98. The summed E-state index contributed by atoms with van der Waals surface area (Å²) in [6, 6.07) is 0. The number of nitrogens with one attached hydrogen (secondary N) is 2. The standard InChI is InChI=1S/C27H38N2O12/c1-7-20(30)38-16-26(11-5,17-39-21(31)8-2)28-24(34)36-14-13-15-37-25(35)29-27(12-6,18-40-22(32)9-3)19-41-23(33)10-4/h7-10H,1-4,11-19H2,5-6H3,(H,28,34)(H,29,35). The lowest BCUT2D eigenvalue weighted by molar-refractivity contribution is -0.146. The first kappa shape index (κ1) is 36.4. The van der Waals surface area contributed by atoms with Crippen LogP contribution < -0.4 is 10.6 Å². The van der Waals surface area contributed by atoms with Gasteiger partial charge in [0, 0.05) is 30.7 Å². The number of esters is 4. The van der Waals surface area contributed by atoms with Crippen molar-refractivity contribution in [1.29, 1.82) is 0 Å². The van der Waals surface area contributed by atoms with Gasteiger partial charge in [-0.1, -0.05) is 40.2 Å². The first-order chi connectivity index (χ1) is 19.4. The van der Waals surface area contributed by atoms with Gasteiger partial charge in [0.15, 0.2) is 0 Å². The fraction of sp³-hybridized carbons (Fsp3) is 0.481. The molecule has 0 aliphatic rings. The van der Waals surface area contributed by atoms with Crippen molar-refractivity contribution in [2.45, 2.75) is 44.2 Å². The molecule has 2 N–H and O–H groups in total. The molecule has 0 heterocycles. The Labute approximate surface area is 238 Å². The van der Waals surface area contributed by atoms with Crippen molar-refractivity contribution >= 4 is 36.1 Å². The summed E-state index contributed by atoms with van der Waals surface area (Å²) >= 11 is 0. The lowest BCUT2D eigenvalue weighted by Gasteiger charge is -2.32. The fourth-order valence-electron chi connectivity index (χ4n) is 2.78. The number of carbonyl (C=O) groups is 6. The summed E-state index contributed by atoms with van der Waals surface area (Å²) in [5.74, 6) is -2.97. The van der Waals surface area contributed by atoms with Gasteiger partial charge in [-0.15, -0.1) is 0 Å². The van der Waals surface area contributed by atoms with Crippen LogP contribution in [0.5, 0.6) is 0 Å². The van der Waals surface area contributed by atoms with E-state index in [0.717, 1.165) is 24.3 Å². The Hall–Kier alpha value is -4.62. The largest absolute Gasteiger partial charge is 0.460 e. The van der Waals surface area contributed by atoms with Crippen molar-refractivity contribution in [2.75, 3.05) is 39.6 Å². The Morgan fingerprint density at radius 1 is 0.537 bits per heavy atom. The highest BCUT2D eigenvalue weighted by Gasteiger charge is 2.35. The van der Waals surface area contributed by atoms with E-state index in [4.69, 9.17) is 28.4 Å². The maximum absolute atomic E-state index is 12.4. The molecule has 228 valence electrons. The number of rotatable bonds is 20. The number of hydrogen-bond donors (Lipinski definition) is 2. The number of ether oxygens (including phenoxy) is 6. The van der Waals surface area contributed by atoms with Crippen molar-refractivity contribution < 1.29 is 57.2 Å². The summed E-state index contributed by atoms with van der Waals surface area (Å²) in [6.45, 7) is 14.8. The molecule has 2 amide bonds. The van der Waals surface area contributed by atoms with Gasteiger partial charge in [0.2, 0.25) is 0 Å². The third-order valence-corrected chi connectivity index (χ3v) is 5.47. The van der Waals surface area contributed by atoms with Crippen LogP contribution in [0.3, 0.4) is 0 Å². The summed E-state index contributed by atoms with van der Waals surface area (Å²) in [5, 5.41) is 5.06. The van der Waals surface area contributed by atoms with Gasteiger partial charge in [-0.2, -0.15) is 0 Å². The zero-order valence-corrected chi connectivity index (χ0v) is 23.4. The van der Waals surface area contributed by atoms with Crippen molar-refractivity contribution in [3.63, 3.8) is 0 Å². The molecule has 0 aliphatic carbocycles. The molecule has 0 atom stereocenters. The minimum Gasteiger partial charge on any atom is -0.460 e. The highest BCUT2D eigenvalue weighted by atomic mass is 16.6. The summed E-state index contributed by atoms with van der Waals surface area (Å²) in [4.78, 5) is 70.9. The van der Waals surface area contributed by atoms with E-state index < -0.39 is 47.1 Å². The van der Waals surface area contributed by atoms with Gasteiger partial charge in [0.25, 0.3) is 0 Å². The van der Waals surface area contributed by atoms with Gasteiger partial charge >= 0.3 is 36.1 Å². The van der Waals surface area contributed by atoms with Crippen LogP contribution >= 0.6 is 0 Å². The van der Waals surface area contributed by atoms with Gasteiger partial charge in [-0.3, -0.25) is 0 Å². The van der Waals surface area contributed by atoms with Crippen LogP contribution in [0, 0.1) is 0 Å². The SMILES string of the molecule is C=CC(=O)OCC(CC)(COC(=O)C=C)NC(=O)OCCCOC(=O)NC(CC)(COC(=O)C=C)COC(=O)C=C. The average molecular weight is 583 g/mol. The molecular formula is C27H38N2O12. The van der Waals surface area contributed by atoms with Crippen LogP contribution in [0.4, 0.5) is 9.59 Å². The molecule has 0 bridgehead atoms. The van der Waals surface area contributed by atoms with E-state index in [1.807, 2.05) is 0 Å². The molecule has 0 spiro atoms. The first-order valence-electron chi connectivity index (χ1n) is 12.5. The van der Waals surface area contributed by atoms with Gasteiger partial charge in [0.1, 0.15) is 37.5 Å². The summed E-state index contributed by atoms with van der Waals surface area (Å²) < 4.78 is 30.3. The van der Waals surface area contributed by atoms with Crippen LogP contribution in [0.2, 0.25) is 0 Å². The Bertz CT molecular complexity index is 851. The molecule has 0 fully saturated rings.